The van der Waals surface area contributed by atoms with E-state index < -0.39 is 0 Å². The molecule has 4 rings (SSSR count). The van der Waals surface area contributed by atoms with E-state index in [4.69, 9.17) is 9.47 Å². The van der Waals surface area contributed by atoms with E-state index in [2.05, 4.69) is 10.2 Å². The molecule has 3 aliphatic heterocycles. The van der Waals surface area contributed by atoms with Crippen molar-refractivity contribution in [1.29, 1.82) is 0 Å². The Hall–Kier alpha value is -0.950. The van der Waals surface area contributed by atoms with E-state index in [0.29, 0.717) is 18.5 Å². The highest BCUT2D eigenvalue weighted by atomic mass is 32.1. The van der Waals surface area contributed by atoms with Gasteiger partial charge in [0.1, 0.15) is 6.10 Å². The molecular weight excluding hydrogens is 324 g/mol. The van der Waals surface area contributed by atoms with Crippen molar-refractivity contribution < 1.29 is 14.3 Å². The summed E-state index contributed by atoms with van der Waals surface area (Å²) in [4.78, 5) is 16.2. The second-order valence-electron chi connectivity index (χ2n) is 7.08. The number of carbonyl (C=O) groups is 1. The molecule has 3 fully saturated rings. The van der Waals surface area contributed by atoms with E-state index >= 15 is 0 Å². The number of rotatable bonds is 4. The first-order valence-corrected chi connectivity index (χ1v) is 9.95. The first-order chi connectivity index (χ1) is 11.8. The van der Waals surface area contributed by atoms with E-state index in [1.807, 2.05) is 17.5 Å². The minimum atomic E-state index is -0.269. The van der Waals surface area contributed by atoms with E-state index in [1.54, 1.807) is 11.3 Å². The Balaban J connectivity index is 1.28. The summed E-state index contributed by atoms with van der Waals surface area (Å²) in [5, 5.41) is 5.06. The Morgan fingerprint density at radius 2 is 2.21 bits per heavy atom. The number of nitrogens with zero attached hydrogens (tertiary/aromatic N) is 1. The SMILES string of the molecule is O=C(NCc1cccs1)[C@@H]1C[C@H]2CCN(C3CCOCC3)C[C@@H]2O1. The minimum absolute atomic E-state index is 0.0513. The van der Waals surface area contributed by atoms with Crippen molar-refractivity contribution in [1.82, 2.24) is 10.2 Å². The zero-order chi connectivity index (χ0) is 16.4. The largest absolute Gasteiger partial charge is 0.381 e. The predicted octanol–water partition coefficient (Wildman–Crippen LogP) is 2.02. The van der Waals surface area contributed by atoms with Crippen LogP contribution in [0.3, 0.4) is 0 Å². The molecule has 1 aromatic rings. The van der Waals surface area contributed by atoms with Gasteiger partial charge in [0.25, 0.3) is 0 Å². The van der Waals surface area contributed by atoms with Gasteiger partial charge in [0, 0.05) is 30.7 Å². The Kier molecular flexibility index (Phi) is 5.17. The fourth-order valence-electron chi connectivity index (χ4n) is 4.21. The maximum Gasteiger partial charge on any atom is 0.249 e. The van der Waals surface area contributed by atoms with Gasteiger partial charge in [0.2, 0.25) is 5.91 Å². The lowest BCUT2D eigenvalue weighted by molar-refractivity contribution is -0.133. The van der Waals surface area contributed by atoms with Crippen LogP contribution in [0.5, 0.6) is 0 Å². The summed E-state index contributed by atoms with van der Waals surface area (Å²) in [6.45, 7) is 4.48. The van der Waals surface area contributed by atoms with Gasteiger partial charge in [-0.1, -0.05) is 6.07 Å². The average Bonchev–Trinajstić information content (AvgIpc) is 3.29. The highest BCUT2D eigenvalue weighted by Crippen LogP contribution is 2.35. The number of nitrogens with one attached hydrogen (secondary N) is 1. The molecule has 4 heterocycles. The summed E-state index contributed by atoms with van der Waals surface area (Å²) in [6.07, 6.45) is 4.23. The summed E-state index contributed by atoms with van der Waals surface area (Å²) in [5.41, 5.74) is 0. The van der Waals surface area contributed by atoms with Crippen LogP contribution in [0, 0.1) is 5.92 Å². The number of hydrogen-bond acceptors (Lipinski definition) is 5. The molecule has 6 heteroatoms. The Morgan fingerprint density at radius 1 is 1.33 bits per heavy atom. The fraction of sp³-hybridized carbons (Fsp3) is 0.722. The summed E-state index contributed by atoms with van der Waals surface area (Å²) < 4.78 is 11.6. The van der Waals surface area contributed by atoms with Crippen LogP contribution in [-0.4, -0.2) is 55.4 Å². The van der Waals surface area contributed by atoms with Crippen molar-refractivity contribution in [3.05, 3.63) is 22.4 Å². The minimum Gasteiger partial charge on any atom is -0.381 e. The summed E-state index contributed by atoms with van der Waals surface area (Å²) >= 11 is 1.67. The molecule has 0 saturated carbocycles. The summed E-state index contributed by atoms with van der Waals surface area (Å²) in [5.74, 6) is 0.592. The first kappa shape index (κ1) is 16.5. The van der Waals surface area contributed by atoms with Crippen molar-refractivity contribution in [2.75, 3.05) is 26.3 Å². The van der Waals surface area contributed by atoms with Gasteiger partial charge in [-0.25, -0.2) is 0 Å². The molecule has 1 amide bonds. The molecule has 1 aromatic heterocycles. The van der Waals surface area contributed by atoms with Gasteiger partial charge >= 0.3 is 0 Å². The molecule has 132 valence electrons. The quantitative estimate of drug-likeness (QED) is 0.903. The molecule has 0 aliphatic carbocycles. The fourth-order valence-corrected chi connectivity index (χ4v) is 4.85. The number of likely N-dealkylation sites (tertiary alicyclic amines) is 1. The van der Waals surface area contributed by atoms with E-state index in [0.717, 1.165) is 52.0 Å². The number of hydrogen-bond donors (Lipinski definition) is 1. The van der Waals surface area contributed by atoms with Crippen LogP contribution in [0.2, 0.25) is 0 Å². The predicted molar refractivity (Wildman–Crippen MR) is 93.0 cm³/mol. The first-order valence-electron chi connectivity index (χ1n) is 9.07. The topological polar surface area (TPSA) is 50.8 Å². The number of ether oxygens (including phenoxy) is 2. The van der Waals surface area contributed by atoms with Gasteiger partial charge in [-0.05, 0) is 49.6 Å². The van der Waals surface area contributed by atoms with Crippen molar-refractivity contribution in [3.8, 4) is 0 Å². The third-order valence-corrected chi connectivity index (χ3v) is 6.48. The Morgan fingerprint density at radius 3 is 3.00 bits per heavy atom. The van der Waals surface area contributed by atoms with Gasteiger partial charge in [0.05, 0.1) is 12.6 Å². The maximum absolute atomic E-state index is 12.4. The Labute approximate surface area is 147 Å². The van der Waals surface area contributed by atoms with E-state index in [1.165, 1.54) is 4.88 Å². The average molecular weight is 350 g/mol. The van der Waals surface area contributed by atoms with Crippen LogP contribution in [0.25, 0.3) is 0 Å². The molecule has 1 N–H and O–H groups in total. The lowest BCUT2D eigenvalue weighted by Gasteiger charge is -2.40. The third kappa shape index (κ3) is 3.67. The highest BCUT2D eigenvalue weighted by molar-refractivity contribution is 7.09. The van der Waals surface area contributed by atoms with E-state index in [-0.39, 0.29) is 18.1 Å². The molecule has 3 aliphatic rings. The summed E-state index contributed by atoms with van der Waals surface area (Å²) in [6, 6.07) is 4.69. The number of amides is 1. The molecule has 3 atom stereocenters. The molecule has 0 spiro atoms. The third-order valence-electron chi connectivity index (χ3n) is 5.60. The molecule has 0 bridgehead atoms. The molecule has 5 nitrogen and oxygen atoms in total. The van der Waals surface area contributed by atoms with Gasteiger partial charge in [-0.3, -0.25) is 9.69 Å². The lowest BCUT2D eigenvalue weighted by Crippen LogP contribution is -2.49. The number of thiophene rings is 1. The molecule has 0 aromatic carbocycles. The molecule has 0 unspecified atom stereocenters. The lowest BCUT2D eigenvalue weighted by atomic mass is 9.90. The van der Waals surface area contributed by atoms with Gasteiger partial charge in [-0.2, -0.15) is 0 Å². The number of fused-ring (bicyclic) bond motifs is 1. The van der Waals surface area contributed by atoms with Crippen LogP contribution in [-0.2, 0) is 20.8 Å². The van der Waals surface area contributed by atoms with Crippen molar-refractivity contribution in [3.63, 3.8) is 0 Å². The van der Waals surface area contributed by atoms with Gasteiger partial charge < -0.3 is 14.8 Å². The van der Waals surface area contributed by atoms with Crippen LogP contribution in [0.4, 0.5) is 0 Å². The zero-order valence-electron chi connectivity index (χ0n) is 14.0. The van der Waals surface area contributed by atoms with Crippen molar-refractivity contribution in [2.45, 2.75) is 50.5 Å². The van der Waals surface area contributed by atoms with Crippen LogP contribution in [0.1, 0.15) is 30.6 Å². The molecule has 0 radical (unpaired) electrons. The second-order valence-corrected chi connectivity index (χ2v) is 8.12. The van der Waals surface area contributed by atoms with Crippen LogP contribution in [0.15, 0.2) is 17.5 Å². The van der Waals surface area contributed by atoms with Crippen LogP contribution >= 0.6 is 11.3 Å². The maximum atomic E-state index is 12.4. The molecule has 3 saturated heterocycles. The second kappa shape index (κ2) is 7.52. The Bertz CT molecular complexity index is 544. The van der Waals surface area contributed by atoms with Gasteiger partial charge in [0.15, 0.2) is 0 Å². The van der Waals surface area contributed by atoms with Gasteiger partial charge in [-0.15, -0.1) is 11.3 Å². The number of carbonyl (C=O) groups excluding carboxylic acids is 1. The highest BCUT2D eigenvalue weighted by Gasteiger charge is 2.43. The van der Waals surface area contributed by atoms with Crippen molar-refractivity contribution in [2.24, 2.45) is 5.92 Å². The smallest absolute Gasteiger partial charge is 0.249 e. The normalized spacial score (nSPS) is 31.8. The van der Waals surface area contributed by atoms with E-state index in [9.17, 15) is 4.79 Å². The van der Waals surface area contributed by atoms with Crippen molar-refractivity contribution >= 4 is 17.2 Å². The molecule has 24 heavy (non-hydrogen) atoms. The number of piperidine rings is 1. The molecular formula is C18H26N2O3S. The summed E-state index contributed by atoms with van der Waals surface area (Å²) in [7, 11) is 0. The monoisotopic (exact) mass is 350 g/mol. The standard InChI is InChI=1S/C18H26N2O3S/c21-18(19-11-15-2-1-9-24-15)16-10-13-3-6-20(12-17(13)23-16)14-4-7-22-8-5-14/h1-2,9,13-14,16-17H,3-8,10-12H2,(H,19,21)/t13-,16+,17+/m1/s1. The zero-order valence-corrected chi connectivity index (χ0v) is 14.8. The van der Waals surface area contributed by atoms with Crippen LogP contribution < -0.4 is 5.32 Å².